The number of amides is 1. The van der Waals surface area contributed by atoms with Gasteiger partial charge in [-0.05, 0) is 24.3 Å². The van der Waals surface area contributed by atoms with Gasteiger partial charge in [0, 0.05) is 13.1 Å². The highest BCUT2D eigenvalue weighted by molar-refractivity contribution is 5.87. The summed E-state index contributed by atoms with van der Waals surface area (Å²) in [6, 6.07) is 0. The molecule has 1 saturated carbocycles. The van der Waals surface area contributed by atoms with E-state index in [-0.39, 0.29) is 5.92 Å². The molecule has 1 aliphatic heterocycles. The zero-order valence-corrected chi connectivity index (χ0v) is 10.8. The Balaban J connectivity index is 1.68. The number of likely N-dealkylation sites (tertiary alicyclic amines) is 1. The second kappa shape index (κ2) is 5.13. The van der Waals surface area contributed by atoms with Gasteiger partial charge in [-0.2, -0.15) is 0 Å². The predicted octanol–water partition coefficient (Wildman–Crippen LogP) is 3.08. The number of allylic oxidation sites excluding steroid dienone is 4. The van der Waals surface area contributed by atoms with Crippen molar-refractivity contribution in [2.75, 3.05) is 13.1 Å². The van der Waals surface area contributed by atoms with Gasteiger partial charge < -0.3 is 4.90 Å². The van der Waals surface area contributed by atoms with E-state index in [9.17, 15) is 4.79 Å². The summed E-state index contributed by atoms with van der Waals surface area (Å²) < 4.78 is 0. The first-order valence-electron chi connectivity index (χ1n) is 7.17. The Morgan fingerprint density at radius 2 is 1.94 bits per heavy atom. The largest absolute Gasteiger partial charge is 0.338 e. The third kappa shape index (κ3) is 2.29. The lowest BCUT2D eigenvalue weighted by molar-refractivity contribution is -0.130. The molecule has 96 valence electrons. The average molecular weight is 243 g/mol. The number of nitrogens with zero attached hydrogens (tertiary/aromatic N) is 1. The van der Waals surface area contributed by atoms with Gasteiger partial charge in [-0.15, -0.1) is 0 Å². The fourth-order valence-electron chi connectivity index (χ4n) is 3.37. The van der Waals surface area contributed by atoms with Gasteiger partial charge in [0.05, 0.1) is 5.92 Å². The molecule has 3 aliphatic rings. The Morgan fingerprint density at radius 1 is 1.11 bits per heavy atom. The van der Waals surface area contributed by atoms with Crippen molar-refractivity contribution in [2.24, 2.45) is 11.8 Å². The first-order valence-corrected chi connectivity index (χ1v) is 7.17. The van der Waals surface area contributed by atoms with Gasteiger partial charge in [0.25, 0.3) is 0 Å². The first-order chi connectivity index (χ1) is 8.84. The van der Waals surface area contributed by atoms with E-state index in [1.807, 2.05) is 24.3 Å². The molecule has 1 atom stereocenters. The highest BCUT2D eigenvalue weighted by Crippen LogP contribution is 2.30. The van der Waals surface area contributed by atoms with Crippen molar-refractivity contribution in [1.29, 1.82) is 0 Å². The SMILES string of the molecule is O=C1C2C=CC=CC=C2CN1CC1CCCCC1. The Morgan fingerprint density at radius 3 is 2.78 bits per heavy atom. The average Bonchev–Trinajstić information content (AvgIpc) is 2.58. The molecule has 2 heteroatoms. The minimum Gasteiger partial charge on any atom is -0.338 e. The zero-order valence-electron chi connectivity index (χ0n) is 10.8. The quantitative estimate of drug-likeness (QED) is 0.730. The van der Waals surface area contributed by atoms with Gasteiger partial charge in [-0.25, -0.2) is 0 Å². The van der Waals surface area contributed by atoms with Gasteiger partial charge in [0.2, 0.25) is 5.91 Å². The molecule has 0 bridgehead atoms. The summed E-state index contributed by atoms with van der Waals surface area (Å²) in [5, 5.41) is 0. The van der Waals surface area contributed by atoms with E-state index in [1.54, 1.807) is 0 Å². The molecule has 3 rings (SSSR count). The van der Waals surface area contributed by atoms with Crippen LogP contribution < -0.4 is 0 Å². The van der Waals surface area contributed by atoms with Gasteiger partial charge in [-0.3, -0.25) is 4.79 Å². The second-order valence-corrected chi connectivity index (χ2v) is 5.71. The normalized spacial score (nSPS) is 28.2. The van der Waals surface area contributed by atoms with Crippen molar-refractivity contribution in [3.8, 4) is 0 Å². The molecule has 18 heavy (non-hydrogen) atoms. The lowest BCUT2D eigenvalue weighted by Crippen LogP contribution is -2.32. The van der Waals surface area contributed by atoms with Crippen molar-refractivity contribution in [3.05, 3.63) is 36.0 Å². The van der Waals surface area contributed by atoms with Crippen LogP contribution in [0.25, 0.3) is 0 Å². The molecule has 2 fully saturated rings. The van der Waals surface area contributed by atoms with Crippen LogP contribution in [0.1, 0.15) is 32.1 Å². The molecule has 0 N–H and O–H groups in total. The van der Waals surface area contributed by atoms with E-state index in [0.29, 0.717) is 5.91 Å². The minimum atomic E-state index is 0.0172. The van der Waals surface area contributed by atoms with Crippen molar-refractivity contribution >= 4 is 5.91 Å². The lowest BCUT2D eigenvalue weighted by Gasteiger charge is -2.26. The number of rotatable bonds is 2. The Labute approximate surface area is 109 Å². The predicted molar refractivity (Wildman–Crippen MR) is 73.0 cm³/mol. The molecule has 1 heterocycles. The molecule has 0 radical (unpaired) electrons. The summed E-state index contributed by atoms with van der Waals surface area (Å²) in [6.45, 7) is 1.82. The fraction of sp³-hybridized carbons (Fsp3) is 0.562. The number of carbonyl (C=O) groups excluding carboxylic acids is 1. The highest BCUT2D eigenvalue weighted by Gasteiger charge is 2.35. The Hall–Kier alpha value is -1.31. The van der Waals surface area contributed by atoms with Crippen molar-refractivity contribution in [3.63, 3.8) is 0 Å². The van der Waals surface area contributed by atoms with Crippen LogP contribution in [0, 0.1) is 11.8 Å². The van der Waals surface area contributed by atoms with Crippen LogP contribution >= 0.6 is 0 Å². The van der Waals surface area contributed by atoms with Gasteiger partial charge in [-0.1, -0.05) is 49.6 Å². The molecule has 2 aliphatic carbocycles. The third-order valence-corrected chi connectivity index (χ3v) is 4.39. The van der Waals surface area contributed by atoms with E-state index in [2.05, 4.69) is 11.0 Å². The highest BCUT2D eigenvalue weighted by atomic mass is 16.2. The molecule has 2 nitrogen and oxygen atoms in total. The lowest BCUT2D eigenvalue weighted by atomic mass is 9.89. The number of hydrogen-bond acceptors (Lipinski definition) is 1. The molecule has 1 amide bonds. The molecular weight excluding hydrogens is 222 g/mol. The van der Waals surface area contributed by atoms with E-state index < -0.39 is 0 Å². The summed E-state index contributed by atoms with van der Waals surface area (Å²) in [4.78, 5) is 14.5. The van der Waals surface area contributed by atoms with Crippen LogP contribution in [0.5, 0.6) is 0 Å². The third-order valence-electron chi connectivity index (χ3n) is 4.39. The summed E-state index contributed by atoms with van der Waals surface area (Å²) in [7, 11) is 0. The molecule has 0 aromatic heterocycles. The fourth-order valence-corrected chi connectivity index (χ4v) is 3.37. The van der Waals surface area contributed by atoms with Crippen LogP contribution in [0.2, 0.25) is 0 Å². The van der Waals surface area contributed by atoms with Gasteiger partial charge >= 0.3 is 0 Å². The van der Waals surface area contributed by atoms with Crippen molar-refractivity contribution in [1.82, 2.24) is 4.90 Å². The van der Waals surface area contributed by atoms with Crippen LogP contribution in [-0.2, 0) is 4.79 Å². The Bertz CT molecular complexity index is 413. The van der Waals surface area contributed by atoms with E-state index in [1.165, 1.54) is 37.7 Å². The van der Waals surface area contributed by atoms with E-state index in [4.69, 9.17) is 0 Å². The van der Waals surface area contributed by atoms with Crippen LogP contribution in [-0.4, -0.2) is 23.9 Å². The second-order valence-electron chi connectivity index (χ2n) is 5.71. The van der Waals surface area contributed by atoms with Crippen LogP contribution in [0.3, 0.4) is 0 Å². The summed E-state index contributed by atoms with van der Waals surface area (Å²) in [5.74, 6) is 1.07. The number of fused-ring (bicyclic) bond motifs is 1. The molecule has 1 saturated heterocycles. The maximum atomic E-state index is 12.4. The topological polar surface area (TPSA) is 20.3 Å². The van der Waals surface area contributed by atoms with E-state index >= 15 is 0 Å². The van der Waals surface area contributed by atoms with Gasteiger partial charge in [0.15, 0.2) is 0 Å². The van der Waals surface area contributed by atoms with Gasteiger partial charge in [0.1, 0.15) is 0 Å². The maximum Gasteiger partial charge on any atom is 0.234 e. The summed E-state index contributed by atoms with van der Waals surface area (Å²) >= 11 is 0. The number of hydrogen-bond donors (Lipinski definition) is 0. The van der Waals surface area contributed by atoms with E-state index in [0.717, 1.165) is 19.0 Å². The maximum absolute atomic E-state index is 12.4. The molecule has 1 unspecified atom stereocenters. The standard InChI is InChI=1S/C16H21NO/c18-16-15-10-6-2-5-9-14(15)12-17(16)11-13-7-3-1-4-8-13/h2,5-6,9-10,13,15H,1,3-4,7-8,11-12H2. The molecule has 0 aromatic carbocycles. The van der Waals surface area contributed by atoms with Crippen molar-refractivity contribution < 1.29 is 4.79 Å². The Kier molecular flexibility index (Phi) is 3.35. The van der Waals surface area contributed by atoms with Crippen LogP contribution in [0.15, 0.2) is 36.0 Å². The number of carbonyl (C=O) groups is 1. The minimum absolute atomic E-state index is 0.0172. The van der Waals surface area contributed by atoms with Crippen molar-refractivity contribution in [2.45, 2.75) is 32.1 Å². The molecule has 0 aromatic rings. The first kappa shape index (κ1) is 11.8. The monoisotopic (exact) mass is 243 g/mol. The summed E-state index contributed by atoms with van der Waals surface area (Å²) in [5.41, 5.74) is 1.26. The molecule has 0 spiro atoms. The summed E-state index contributed by atoms with van der Waals surface area (Å²) in [6.07, 6.45) is 16.9. The van der Waals surface area contributed by atoms with Crippen LogP contribution in [0.4, 0.5) is 0 Å². The molecular formula is C16H21NO. The zero-order chi connectivity index (χ0) is 12.4. The smallest absolute Gasteiger partial charge is 0.234 e.